The quantitative estimate of drug-likeness (QED) is 0.228. The van der Waals surface area contributed by atoms with E-state index in [1.165, 1.54) is 33.4 Å². The van der Waals surface area contributed by atoms with E-state index in [2.05, 4.69) is 127 Å². The Morgan fingerprint density at radius 2 is 0.810 bits per heavy atom. The van der Waals surface area contributed by atoms with Crippen LogP contribution in [-0.2, 0) is 0 Å². The molecule has 7 rings (SSSR count). The van der Waals surface area contributed by atoms with Gasteiger partial charge in [-0.2, -0.15) is 10.5 Å². The molecule has 0 N–H and O–H groups in total. The number of hydrogen-bond acceptors (Lipinski definition) is 2. The minimum Gasteiger partial charge on any atom is -0.192 e. The summed E-state index contributed by atoms with van der Waals surface area (Å²) in [5, 5.41) is 20.6. The van der Waals surface area contributed by atoms with Crippen molar-refractivity contribution in [3.8, 4) is 12.1 Å². The van der Waals surface area contributed by atoms with Crippen LogP contribution in [-0.4, -0.2) is 0 Å². The highest BCUT2D eigenvalue weighted by molar-refractivity contribution is 5.59. The summed E-state index contributed by atoms with van der Waals surface area (Å²) in [6, 6.07) is 48.2. The molecule has 42 heavy (non-hydrogen) atoms. The maximum Gasteiger partial charge on any atom is 0.101 e. The molecule has 0 saturated heterocycles. The molecular weight excluding hydrogens is 508 g/mol. The SMILES string of the molecule is N#Cc1cc([C@H]2CC[C@H](c3ccccc3)c3ccccc32)cc([C@@H]2CC[C@H](c3ccccc3)c3ccccc32)c1C#N. The van der Waals surface area contributed by atoms with Gasteiger partial charge in [0.05, 0.1) is 11.1 Å². The Morgan fingerprint density at radius 1 is 0.405 bits per heavy atom. The van der Waals surface area contributed by atoms with Crippen LogP contribution in [0.25, 0.3) is 0 Å². The predicted molar refractivity (Wildman–Crippen MR) is 167 cm³/mol. The van der Waals surface area contributed by atoms with Crippen molar-refractivity contribution in [3.05, 3.63) is 177 Å². The van der Waals surface area contributed by atoms with Crippen LogP contribution in [0.1, 0.15) is 105 Å². The van der Waals surface area contributed by atoms with Gasteiger partial charge in [0.1, 0.15) is 12.1 Å². The van der Waals surface area contributed by atoms with Gasteiger partial charge in [0.25, 0.3) is 0 Å². The molecule has 0 amide bonds. The Labute approximate surface area is 248 Å². The van der Waals surface area contributed by atoms with Crippen molar-refractivity contribution in [2.24, 2.45) is 0 Å². The fraction of sp³-hybridized carbons (Fsp3) is 0.200. The lowest BCUT2D eigenvalue weighted by atomic mass is 9.69. The first-order chi connectivity index (χ1) is 20.8. The average Bonchev–Trinajstić information content (AvgIpc) is 3.07. The molecule has 5 aromatic carbocycles. The summed E-state index contributed by atoms with van der Waals surface area (Å²) in [6.45, 7) is 0. The number of fused-ring (bicyclic) bond motifs is 2. The number of hydrogen-bond donors (Lipinski definition) is 0. The lowest BCUT2D eigenvalue weighted by Crippen LogP contribution is -2.19. The Bertz CT molecular complexity index is 1820. The molecule has 0 aromatic heterocycles. The minimum atomic E-state index is 0.0822. The van der Waals surface area contributed by atoms with E-state index in [9.17, 15) is 10.5 Å². The maximum absolute atomic E-state index is 10.4. The van der Waals surface area contributed by atoms with E-state index in [0.717, 1.165) is 36.8 Å². The van der Waals surface area contributed by atoms with Crippen LogP contribution in [0.3, 0.4) is 0 Å². The van der Waals surface area contributed by atoms with Crippen LogP contribution in [0.2, 0.25) is 0 Å². The molecule has 202 valence electrons. The van der Waals surface area contributed by atoms with Crippen molar-refractivity contribution < 1.29 is 0 Å². The lowest BCUT2D eigenvalue weighted by molar-refractivity contribution is 0.556. The Hall–Kier alpha value is -4.92. The summed E-state index contributed by atoms with van der Waals surface area (Å²) < 4.78 is 0. The van der Waals surface area contributed by atoms with Gasteiger partial charge >= 0.3 is 0 Å². The summed E-state index contributed by atoms with van der Waals surface area (Å²) in [5.41, 5.74) is 11.2. The first kappa shape index (κ1) is 26.0. The molecule has 2 aliphatic carbocycles. The summed E-state index contributed by atoms with van der Waals surface area (Å²) in [6.07, 6.45) is 4.00. The normalized spacial score (nSPS) is 20.9. The van der Waals surface area contributed by atoms with Gasteiger partial charge in [0.2, 0.25) is 0 Å². The molecule has 2 nitrogen and oxygen atoms in total. The van der Waals surface area contributed by atoms with E-state index in [1.54, 1.807) is 0 Å². The Morgan fingerprint density at radius 3 is 1.26 bits per heavy atom. The third-order valence-electron chi connectivity index (χ3n) is 9.59. The van der Waals surface area contributed by atoms with Gasteiger partial charge in [-0.3, -0.25) is 0 Å². The summed E-state index contributed by atoms with van der Waals surface area (Å²) in [7, 11) is 0. The van der Waals surface area contributed by atoms with E-state index >= 15 is 0 Å². The maximum atomic E-state index is 10.4. The molecular formula is C40H32N2. The second-order valence-electron chi connectivity index (χ2n) is 11.7. The van der Waals surface area contributed by atoms with E-state index in [1.807, 2.05) is 6.07 Å². The molecule has 0 heterocycles. The van der Waals surface area contributed by atoms with Crippen molar-refractivity contribution in [3.63, 3.8) is 0 Å². The zero-order valence-corrected chi connectivity index (χ0v) is 23.6. The van der Waals surface area contributed by atoms with Gasteiger partial charge in [0.15, 0.2) is 0 Å². The third kappa shape index (κ3) is 4.51. The van der Waals surface area contributed by atoms with Gasteiger partial charge in [0, 0.05) is 23.7 Å². The molecule has 2 heteroatoms. The van der Waals surface area contributed by atoms with Crippen molar-refractivity contribution in [2.75, 3.05) is 0 Å². The summed E-state index contributed by atoms with van der Waals surface area (Å²) >= 11 is 0. The minimum absolute atomic E-state index is 0.0822. The number of benzene rings is 5. The number of rotatable bonds is 4. The van der Waals surface area contributed by atoms with Crippen LogP contribution in [0.5, 0.6) is 0 Å². The first-order valence-corrected chi connectivity index (χ1v) is 15.0. The average molecular weight is 541 g/mol. The Kier molecular flexibility index (Phi) is 6.91. The molecule has 2 aliphatic rings. The van der Waals surface area contributed by atoms with E-state index in [0.29, 0.717) is 23.0 Å². The standard InChI is InChI=1S/C40H32N2/c41-25-30-23-29(33-20-19-31(27-11-3-1-4-12-27)34-15-7-8-17-36(33)34)24-39(40(30)26-42)38-22-21-32(28-13-5-2-6-14-28)35-16-9-10-18-37(35)38/h1-18,23-24,31-33,38H,19-22H2/t31-,32-,33-,38-/m1/s1. The molecule has 0 unspecified atom stereocenters. The van der Waals surface area contributed by atoms with Gasteiger partial charge < -0.3 is 0 Å². The number of nitrogens with zero attached hydrogens (tertiary/aromatic N) is 2. The molecule has 4 atom stereocenters. The van der Waals surface area contributed by atoms with Crippen LogP contribution in [0, 0.1) is 22.7 Å². The highest BCUT2D eigenvalue weighted by atomic mass is 14.4. The van der Waals surface area contributed by atoms with Crippen LogP contribution in [0.4, 0.5) is 0 Å². The molecule has 0 spiro atoms. The third-order valence-corrected chi connectivity index (χ3v) is 9.59. The highest BCUT2D eigenvalue weighted by Crippen LogP contribution is 2.49. The predicted octanol–water partition coefficient (Wildman–Crippen LogP) is 9.55. The van der Waals surface area contributed by atoms with Crippen molar-refractivity contribution in [1.82, 2.24) is 0 Å². The molecule has 0 aliphatic heterocycles. The van der Waals surface area contributed by atoms with E-state index in [-0.39, 0.29) is 11.8 Å². The van der Waals surface area contributed by atoms with Crippen molar-refractivity contribution >= 4 is 0 Å². The molecule has 0 fully saturated rings. The van der Waals surface area contributed by atoms with Crippen LogP contribution < -0.4 is 0 Å². The topological polar surface area (TPSA) is 47.6 Å². The zero-order chi connectivity index (χ0) is 28.5. The van der Waals surface area contributed by atoms with Crippen molar-refractivity contribution in [1.29, 1.82) is 10.5 Å². The van der Waals surface area contributed by atoms with Crippen LogP contribution in [0.15, 0.2) is 121 Å². The zero-order valence-electron chi connectivity index (χ0n) is 23.6. The van der Waals surface area contributed by atoms with Gasteiger partial charge in [-0.15, -0.1) is 0 Å². The smallest absolute Gasteiger partial charge is 0.101 e. The van der Waals surface area contributed by atoms with Gasteiger partial charge in [-0.1, -0.05) is 115 Å². The molecule has 0 saturated carbocycles. The van der Waals surface area contributed by atoms with Crippen LogP contribution >= 0.6 is 0 Å². The lowest BCUT2D eigenvalue weighted by Gasteiger charge is -2.35. The van der Waals surface area contributed by atoms with Crippen molar-refractivity contribution in [2.45, 2.75) is 49.4 Å². The summed E-state index contributed by atoms with van der Waals surface area (Å²) in [4.78, 5) is 0. The fourth-order valence-corrected chi connectivity index (χ4v) is 7.69. The second-order valence-corrected chi connectivity index (χ2v) is 11.7. The molecule has 5 aromatic rings. The summed E-state index contributed by atoms with van der Waals surface area (Å²) in [5.74, 6) is 0.976. The molecule has 0 radical (unpaired) electrons. The van der Waals surface area contributed by atoms with E-state index < -0.39 is 0 Å². The van der Waals surface area contributed by atoms with E-state index in [4.69, 9.17) is 0 Å². The highest BCUT2D eigenvalue weighted by Gasteiger charge is 2.33. The van der Waals surface area contributed by atoms with Gasteiger partial charge in [-0.25, -0.2) is 0 Å². The monoisotopic (exact) mass is 540 g/mol. The second kappa shape index (κ2) is 11.2. The largest absolute Gasteiger partial charge is 0.192 e. The Balaban J connectivity index is 1.34. The first-order valence-electron chi connectivity index (χ1n) is 15.0. The molecule has 0 bridgehead atoms. The fourth-order valence-electron chi connectivity index (χ4n) is 7.69. The van der Waals surface area contributed by atoms with Gasteiger partial charge in [-0.05, 0) is 76.3 Å². The number of nitriles is 2.